The fourth-order valence-electron chi connectivity index (χ4n) is 3.67. The van der Waals surface area contributed by atoms with Crippen LogP contribution in [0.2, 0.25) is 0 Å². The van der Waals surface area contributed by atoms with Gasteiger partial charge in [-0.25, -0.2) is 13.6 Å². The molecule has 1 aliphatic rings. The molecule has 1 amide bonds. The van der Waals surface area contributed by atoms with Crippen molar-refractivity contribution in [3.8, 4) is 11.5 Å². The number of benzene rings is 2. The second kappa shape index (κ2) is 10.8. The van der Waals surface area contributed by atoms with Gasteiger partial charge in [-0.1, -0.05) is 18.2 Å². The minimum Gasteiger partial charge on any atom is -0.493 e. The number of amides is 1. The third kappa shape index (κ3) is 7.05. The summed E-state index contributed by atoms with van der Waals surface area (Å²) in [5.74, 6) is -1.27. The maximum atomic E-state index is 13.5. The summed E-state index contributed by atoms with van der Waals surface area (Å²) in [6.45, 7) is 6.62. The van der Waals surface area contributed by atoms with Crippen LogP contribution in [0.15, 0.2) is 42.5 Å². The van der Waals surface area contributed by atoms with Crippen molar-refractivity contribution in [2.45, 2.75) is 51.2 Å². The van der Waals surface area contributed by atoms with Crippen molar-refractivity contribution < 1.29 is 32.9 Å². The lowest BCUT2D eigenvalue weighted by molar-refractivity contribution is -0.00152. The number of halogens is 2. The van der Waals surface area contributed by atoms with Gasteiger partial charge in [0.15, 0.2) is 17.4 Å². The van der Waals surface area contributed by atoms with E-state index in [1.165, 1.54) is 6.07 Å². The number of hydrogen-bond acceptors (Lipinski definition) is 5. The molecule has 0 aromatic heterocycles. The van der Waals surface area contributed by atoms with Gasteiger partial charge in [-0.05, 0) is 57.0 Å². The smallest absolute Gasteiger partial charge is 0.410 e. The van der Waals surface area contributed by atoms with Gasteiger partial charge >= 0.3 is 6.09 Å². The highest BCUT2D eigenvalue weighted by Gasteiger charge is 2.33. The molecular formula is C25H31F2NO5. The Morgan fingerprint density at radius 3 is 2.30 bits per heavy atom. The van der Waals surface area contributed by atoms with E-state index in [1.54, 1.807) is 4.90 Å². The van der Waals surface area contributed by atoms with E-state index < -0.39 is 29.4 Å². The Kier molecular flexibility index (Phi) is 8.13. The number of hydrogen-bond donors (Lipinski definition) is 1. The van der Waals surface area contributed by atoms with Gasteiger partial charge in [0.25, 0.3) is 0 Å². The molecule has 2 aromatic carbocycles. The summed E-state index contributed by atoms with van der Waals surface area (Å²) in [5, 5.41) is 10.6. The van der Waals surface area contributed by atoms with Crippen LogP contribution >= 0.6 is 0 Å². The molecule has 2 unspecified atom stereocenters. The molecule has 0 bridgehead atoms. The van der Waals surface area contributed by atoms with Gasteiger partial charge in [-0.3, -0.25) is 0 Å². The first-order chi connectivity index (χ1) is 15.6. The fourth-order valence-corrected chi connectivity index (χ4v) is 3.67. The van der Waals surface area contributed by atoms with E-state index in [4.69, 9.17) is 14.2 Å². The molecule has 2 aromatic rings. The van der Waals surface area contributed by atoms with Gasteiger partial charge in [0.05, 0.1) is 25.9 Å². The number of rotatable bonds is 7. The molecule has 0 aliphatic carbocycles. The maximum Gasteiger partial charge on any atom is 0.410 e. The molecule has 1 aliphatic heterocycles. The molecule has 2 atom stereocenters. The highest BCUT2D eigenvalue weighted by molar-refractivity contribution is 5.68. The van der Waals surface area contributed by atoms with Crippen LogP contribution in [-0.2, 0) is 4.74 Å². The number of ether oxygens (including phenoxy) is 3. The molecule has 0 radical (unpaired) electrons. The Morgan fingerprint density at radius 1 is 1.06 bits per heavy atom. The summed E-state index contributed by atoms with van der Waals surface area (Å²) in [6, 6.07) is 11.0. The average Bonchev–Trinajstić information content (AvgIpc) is 2.74. The normalized spacial score (nSPS) is 18.7. The van der Waals surface area contributed by atoms with Crippen molar-refractivity contribution in [2.24, 2.45) is 0 Å². The number of likely N-dealkylation sites (tertiary alicyclic amines) is 1. The molecule has 0 saturated carbocycles. The zero-order valence-corrected chi connectivity index (χ0v) is 19.2. The largest absolute Gasteiger partial charge is 0.493 e. The number of carbonyl (C=O) groups is 1. The van der Waals surface area contributed by atoms with Crippen molar-refractivity contribution in [3.63, 3.8) is 0 Å². The third-order valence-corrected chi connectivity index (χ3v) is 5.26. The number of piperidine rings is 1. The topological polar surface area (TPSA) is 68.2 Å². The maximum absolute atomic E-state index is 13.5. The minimum absolute atomic E-state index is 0.0817. The standard InChI is InChI=1S/C25H31F2NO5/c1-25(2,3)33-24(30)28-13-12-19(22(29)16-28)17-8-10-18(11-9-17)31-14-5-15-32-23-20(26)6-4-7-21(23)27/h4,6-11,19,22,29H,5,12-16H2,1-3H3. The zero-order chi connectivity index (χ0) is 24.0. The molecular weight excluding hydrogens is 432 g/mol. The van der Waals surface area contributed by atoms with Crippen molar-refractivity contribution in [1.82, 2.24) is 4.90 Å². The van der Waals surface area contributed by atoms with E-state index in [-0.39, 0.29) is 24.8 Å². The third-order valence-electron chi connectivity index (χ3n) is 5.26. The summed E-state index contributed by atoms with van der Waals surface area (Å²) < 4.78 is 43.3. The summed E-state index contributed by atoms with van der Waals surface area (Å²) in [6.07, 6.45) is -0.0125. The van der Waals surface area contributed by atoms with E-state index >= 15 is 0 Å². The van der Waals surface area contributed by atoms with Gasteiger partial charge in [-0.2, -0.15) is 0 Å². The van der Waals surface area contributed by atoms with Crippen LogP contribution in [0.4, 0.5) is 13.6 Å². The van der Waals surface area contributed by atoms with E-state index in [9.17, 15) is 18.7 Å². The zero-order valence-electron chi connectivity index (χ0n) is 19.2. The number of aliphatic hydroxyl groups excluding tert-OH is 1. The second-order valence-corrected chi connectivity index (χ2v) is 9.06. The lowest BCUT2D eigenvalue weighted by Crippen LogP contribution is -2.47. The number of nitrogens with zero attached hydrogens (tertiary/aromatic N) is 1. The lowest BCUT2D eigenvalue weighted by atomic mass is 9.87. The molecule has 3 rings (SSSR count). The van der Waals surface area contributed by atoms with Crippen molar-refractivity contribution >= 4 is 6.09 Å². The van der Waals surface area contributed by atoms with Gasteiger partial charge in [-0.15, -0.1) is 0 Å². The van der Waals surface area contributed by atoms with Crippen molar-refractivity contribution in [2.75, 3.05) is 26.3 Å². The Balaban J connectivity index is 1.43. The van der Waals surface area contributed by atoms with Crippen LogP contribution in [0, 0.1) is 11.6 Å². The molecule has 0 spiro atoms. The monoisotopic (exact) mass is 463 g/mol. The molecule has 180 valence electrons. The Bertz CT molecular complexity index is 909. The van der Waals surface area contributed by atoms with Crippen LogP contribution in [0.3, 0.4) is 0 Å². The van der Waals surface area contributed by atoms with Crippen LogP contribution in [0.1, 0.15) is 45.1 Å². The number of β-amino-alcohol motifs (C(OH)–C–C–N with tert-alkyl or cyclic N) is 1. The number of aliphatic hydroxyl groups is 1. The molecule has 33 heavy (non-hydrogen) atoms. The predicted molar refractivity (Wildman–Crippen MR) is 120 cm³/mol. The molecule has 1 N–H and O–H groups in total. The van der Waals surface area contributed by atoms with Crippen LogP contribution in [-0.4, -0.2) is 54.1 Å². The Labute approximate surface area is 193 Å². The molecule has 8 heteroatoms. The molecule has 1 heterocycles. The fraction of sp³-hybridized carbons (Fsp3) is 0.480. The highest BCUT2D eigenvalue weighted by Crippen LogP contribution is 2.30. The van der Waals surface area contributed by atoms with E-state index in [0.29, 0.717) is 31.7 Å². The van der Waals surface area contributed by atoms with Crippen LogP contribution in [0.25, 0.3) is 0 Å². The van der Waals surface area contributed by atoms with E-state index in [2.05, 4.69) is 0 Å². The highest BCUT2D eigenvalue weighted by atomic mass is 19.1. The van der Waals surface area contributed by atoms with E-state index in [0.717, 1.165) is 17.7 Å². The average molecular weight is 464 g/mol. The van der Waals surface area contributed by atoms with Gasteiger partial charge in [0.1, 0.15) is 11.4 Å². The molecule has 1 saturated heterocycles. The predicted octanol–water partition coefficient (Wildman–Crippen LogP) is 4.90. The number of carbonyl (C=O) groups excluding carboxylic acids is 1. The first-order valence-electron chi connectivity index (χ1n) is 11.1. The first-order valence-corrected chi connectivity index (χ1v) is 11.1. The SMILES string of the molecule is CC(C)(C)OC(=O)N1CCC(c2ccc(OCCCOc3c(F)cccc3F)cc2)C(O)C1. The van der Waals surface area contributed by atoms with Gasteiger partial charge in [0, 0.05) is 18.9 Å². The van der Waals surface area contributed by atoms with Crippen LogP contribution in [0.5, 0.6) is 11.5 Å². The van der Waals surface area contributed by atoms with Gasteiger partial charge < -0.3 is 24.2 Å². The Morgan fingerprint density at radius 2 is 1.70 bits per heavy atom. The second-order valence-electron chi connectivity index (χ2n) is 9.06. The summed E-state index contributed by atoms with van der Waals surface area (Å²) >= 11 is 0. The minimum atomic E-state index is -0.731. The summed E-state index contributed by atoms with van der Waals surface area (Å²) in [5.41, 5.74) is 0.395. The number of para-hydroxylation sites is 1. The first kappa shape index (κ1) is 24.8. The lowest BCUT2D eigenvalue weighted by Gasteiger charge is -2.36. The Hall–Kier alpha value is -2.87. The summed E-state index contributed by atoms with van der Waals surface area (Å²) in [7, 11) is 0. The molecule has 6 nitrogen and oxygen atoms in total. The molecule has 1 fully saturated rings. The van der Waals surface area contributed by atoms with E-state index in [1.807, 2.05) is 45.0 Å². The summed E-state index contributed by atoms with van der Waals surface area (Å²) in [4.78, 5) is 13.8. The van der Waals surface area contributed by atoms with Crippen molar-refractivity contribution in [1.29, 1.82) is 0 Å². The quantitative estimate of drug-likeness (QED) is 0.592. The van der Waals surface area contributed by atoms with Crippen molar-refractivity contribution in [3.05, 3.63) is 59.7 Å². The van der Waals surface area contributed by atoms with Crippen LogP contribution < -0.4 is 9.47 Å². The van der Waals surface area contributed by atoms with Gasteiger partial charge in [0.2, 0.25) is 0 Å².